The van der Waals surface area contributed by atoms with E-state index in [2.05, 4.69) is 0 Å². The van der Waals surface area contributed by atoms with Crippen molar-refractivity contribution in [2.24, 2.45) is 0 Å². The summed E-state index contributed by atoms with van der Waals surface area (Å²) in [6.07, 6.45) is -12.6. The Kier molecular flexibility index (Phi) is 11.0. The fourth-order valence-electron chi connectivity index (χ4n) is 4.73. The molecule has 15 nitrogen and oxygen atoms in total. The third kappa shape index (κ3) is 7.76. The van der Waals surface area contributed by atoms with Crippen molar-refractivity contribution in [3.8, 4) is 23.0 Å². The fourth-order valence-corrected chi connectivity index (χ4v) is 4.73. The van der Waals surface area contributed by atoms with Gasteiger partial charge in [-0.2, -0.15) is 0 Å². The molecule has 44 heavy (non-hydrogen) atoms. The van der Waals surface area contributed by atoms with E-state index in [1.165, 1.54) is 43.3 Å². The highest BCUT2D eigenvalue weighted by atomic mass is 16.8. The first-order valence-corrected chi connectivity index (χ1v) is 13.7. The minimum atomic E-state index is -1.77. The molecular weight excluding hydrogens is 588 g/mol. The number of aliphatic hydroxyl groups is 5. The summed E-state index contributed by atoms with van der Waals surface area (Å²) in [5, 5.41) is 90.3. The van der Waals surface area contributed by atoms with Crippen molar-refractivity contribution in [2.75, 3.05) is 13.2 Å². The molecule has 0 bridgehead atoms. The molecule has 0 radical (unpaired) electrons. The summed E-state index contributed by atoms with van der Waals surface area (Å²) in [6.45, 7) is 0.606. The van der Waals surface area contributed by atoms with Crippen molar-refractivity contribution in [1.29, 1.82) is 0 Å². The van der Waals surface area contributed by atoms with E-state index >= 15 is 0 Å². The smallest absolute Gasteiger partial charge is 0.331 e. The molecule has 0 spiro atoms. The topological polar surface area (TPSA) is 245 Å². The number of phenols is 4. The molecule has 0 aliphatic carbocycles. The van der Waals surface area contributed by atoms with E-state index in [0.717, 1.165) is 6.08 Å². The van der Waals surface area contributed by atoms with Gasteiger partial charge in [-0.25, -0.2) is 4.79 Å². The molecule has 2 heterocycles. The second-order valence-corrected chi connectivity index (χ2v) is 10.4. The number of rotatable bonds is 10. The summed E-state index contributed by atoms with van der Waals surface area (Å²) < 4.78 is 28.5. The number of esters is 1. The van der Waals surface area contributed by atoms with Gasteiger partial charge in [0, 0.05) is 6.08 Å². The third-order valence-corrected chi connectivity index (χ3v) is 7.27. The lowest BCUT2D eigenvalue weighted by Gasteiger charge is -2.46. The molecule has 2 saturated heterocycles. The second kappa shape index (κ2) is 14.5. The summed E-state index contributed by atoms with van der Waals surface area (Å²) in [7, 11) is 0. The van der Waals surface area contributed by atoms with E-state index in [0.29, 0.717) is 11.1 Å². The Morgan fingerprint density at radius 2 is 1.50 bits per heavy atom. The van der Waals surface area contributed by atoms with Crippen molar-refractivity contribution in [3.63, 3.8) is 0 Å². The van der Waals surface area contributed by atoms with Crippen molar-refractivity contribution < 1.29 is 74.4 Å². The fraction of sp³-hybridized carbons (Fsp3) is 0.483. The molecule has 0 saturated carbocycles. The number of carbonyl (C=O) groups excluding carboxylic acids is 1. The first kappa shape index (κ1) is 33.4. The average Bonchev–Trinajstić information content (AvgIpc) is 2.99. The van der Waals surface area contributed by atoms with Gasteiger partial charge >= 0.3 is 5.97 Å². The third-order valence-electron chi connectivity index (χ3n) is 7.27. The number of phenolic OH excluding ortho intramolecular Hbond substituents is 4. The number of aliphatic hydroxyl groups excluding tert-OH is 5. The van der Waals surface area contributed by atoms with Crippen LogP contribution in [0.1, 0.15) is 18.1 Å². The minimum Gasteiger partial charge on any atom is -0.504 e. The van der Waals surface area contributed by atoms with Gasteiger partial charge in [0.15, 0.2) is 47.8 Å². The van der Waals surface area contributed by atoms with Gasteiger partial charge in [0.2, 0.25) is 0 Å². The monoisotopic (exact) mass is 624 g/mol. The SMILES string of the molecule is C[C@@H]1O[C@@H](O[C@H]2[C@H](OCCc3ccc(O)c(O)c3)O[C@H](CO)[C@@H](O)[C@H]2OC(=O)C=Cc2ccc(O)c(O)c2)[C@H](O)[C@H](O)[C@H]1O. The van der Waals surface area contributed by atoms with Gasteiger partial charge in [-0.1, -0.05) is 12.1 Å². The zero-order valence-electron chi connectivity index (χ0n) is 23.5. The van der Waals surface area contributed by atoms with Gasteiger partial charge in [0.25, 0.3) is 0 Å². The molecule has 2 aliphatic rings. The molecule has 15 heteroatoms. The molecule has 2 fully saturated rings. The van der Waals surface area contributed by atoms with Crippen LogP contribution >= 0.6 is 0 Å². The van der Waals surface area contributed by atoms with Crippen LogP contribution < -0.4 is 0 Å². The first-order valence-electron chi connectivity index (χ1n) is 13.7. The highest BCUT2D eigenvalue weighted by Crippen LogP contribution is 2.32. The molecule has 9 N–H and O–H groups in total. The van der Waals surface area contributed by atoms with Gasteiger partial charge < -0.3 is 69.6 Å². The first-order chi connectivity index (χ1) is 20.9. The van der Waals surface area contributed by atoms with Crippen molar-refractivity contribution >= 4 is 12.0 Å². The number of benzene rings is 2. The molecule has 10 atom stereocenters. The Morgan fingerprint density at radius 1 is 0.818 bits per heavy atom. The largest absolute Gasteiger partial charge is 0.504 e. The number of ether oxygens (including phenoxy) is 5. The van der Waals surface area contributed by atoms with E-state index < -0.39 is 79.7 Å². The van der Waals surface area contributed by atoms with E-state index in [9.17, 15) is 50.8 Å². The predicted octanol–water partition coefficient (Wildman–Crippen LogP) is -1.02. The summed E-state index contributed by atoms with van der Waals surface area (Å²) in [4.78, 5) is 12.9. The molecular formula is C29H36O15. The van der Waals surface area contributed by atoms with Crippen LogP contribution in [0.2, 0.25) is 0 Å². The van der Waals surface area contributed by atoms with Gasteiger partial charge in [-0.3, -0.25) is 0 Å². The molecule has 2 aromatic rings. The Hall–Kier alpha value is -3.51. The maximum atomic E-state index is 12.9. The summed E-state index contributed by atoms with van der Waals surface area (Å²) in [5.41, 5.74) is 0.894. The maximum Gasteiger partial charge on any atom is 0.331 e. The van der Waals surface area contributed by atoms with Crippen LogP contribution in [0.25, 0.3) is 6.08 Å². The zero-order valence-corrected chi connectivity index (χ0v) is 23.5. The van der Waals surface area contributed by atoms with Gasteiger partial charge in [0.1, 0.15) is 30.5 Å². The predicted molar refractivity (Wildman–Crippen MR) is 147 cm³/mol. The molecule has 0 unspecified atom stereocenters. The Balaban J connectivity index is 1.57. The Bertz CT molecular complexity index is 1300. The van der Waals surface area contributed by atoms with Gasteiger partial charge in [-0.15, -0.1) is 0 Å². The Labute approximate surface area is 251 Å². The molecule has 242 valence electrons. The van der Waals surface area contributed by atoms with Crippen LogP contribution in [-0.2, 0) is 34.9 Å². The standard InChI is InChI=1S/C29H36O15/c1-13-22(36)24(38)25(39)28(41-13)44-27-26(43-21(35)7-4-14-2-5-16(31)18(33)10-14)23(37)20(12-30)42-29(27)40-9-8-15-3-6-17(32)19(34)11-15/h2-7,10-11,13,20,22-34,36-39H,8-9,12H2,1H3/t13-,20+,22-,23+,24+,25+,26+,27+,28-,29+/m0/s1. The van der Waals surface area contributed by atoms with Crippen molar-refractivity contribution in [3.05, 3.63) is 53.6 Å². The zero-order chi connectivity index (χ0) is 32.1. The number of hydrogen-bond acceptors (Lipinski definition) is 15. The highest BCUT2D eigenvalue weighted by Gasteiger charge is 2.52. The summed E-state index contributed by atoms with van der Waals surface area (Å²) in [5.74, 6) is -2.44. The second-order valence-electron chi connectivity index (χ2n) is 10.4. The van der Waals surface area contributed by atoms with Crippen LogP contribution in [0.5, 0.6) is 23.0 Å². The van der Waals surface area contributed by atoms with E-state index in [1.54, 1.807) is 6.07 Å². The van der Waals surface area contributed by atoms with Crippen LogP contribution in [0.3, 0.4) is 0 Å². The van der Waals surface area contributed by atoms with Crippen molar-refractivity contribution in [1.82, 2.24) is 0 Å². The average molecular weight is 625 g/mol. The lowest BCUT2D eigenvalue weighted by Crippen LogP contribution is -2.64. The van der Waals surface area contributed by atoms with Crippen LogP contribution in [-0.4, -0.2) is 127 Å². The summed E-state index contributed by atoms with van der Waals surface area (Å²) in [6, 6.07) is 7.96. The molecule has 0 amide bonds. The number of carbonyl (C=O) groups is 1. The van der Waals surface area contributed by atoms with E-state index in [4.69, 9.17) is 23.7 Å². The maximum absolute atomic E-state index is 12.9. The van der Waals surface area contributed by atoms with Crippen LogP contribution in [0.4, 0.5) is 0 Å². The molecule has 2 aliphatic heterocycles. The number of hydrogen-bond donors (Lipinski definition) is 9. The van der Waals surface area contributed by atoms with Crippen LogP contribution in [0.15, 0.2) is 42.5 Å². The molecule has 4 rings (SSSR count). The van der Waals surface area contributed by atoms with E-state index in [-0.39, 0.29) is 30.3 Å². The minimum absolute atomic E-state index is 0.0975. The van der Waals surface area contributed by atoms with Crippen molar-refractivity contribution in [2.45, 2.75) is 74.8 Å². The van der Waals surface area contributed by atoms with Gasteiger partial charge in [0.05, 0.1) is 19.3 Å². The normalized spacial score (nSPS) is 32.5. The quantitative estimate of drug-likeness (QED) is 0.0873. The lowest BCUT2D eigenvalue weighted by molar-refractivity contribution is -0.364. The molecule has 2 aromatic carbocycles. The summed E-state index contributed by atoms with van der Waals surface area (Å²) >= 11 is 0. The van der Waals surface area contributed by atoms with E-state index in [1.807, 2.05) is 0 Å². The highest BCUT2D eigenvalue weighted by molar-refractivity contribution is 5.87. The Morgan fingerprint density at radius 3 is 2.16 bits per heavy atom. The van der Waals surface area contributed by atoms with Gasteiger partial charge in [-0.05, 0) is 54.8 Å². The lowest BCUT2D eigenvalue weighted by atomic mass is 9.97. The molecule has 0 aromatic heterocycles. The number of aromatic hydroxyl groups is 4. The van der Waals surface area contributed by atoms with Crippen LogP contribution in [0, 0.1) is 0 Å².